The number of aromatic hydroxyl groups is 1. The molecule has 1 fully saturated rings. The molecule has 198 valence electrons. The number of phenols is 1. The van der Waals surface area contributed by atoms with E-state index in [4.69, 9.17) is 0 Å². The average molecular weight is 548 g/mol. The van der Waals surface area contributed by atoms with Gasteiger partial charge in [-0.1, -0.05) is 12.1 Å². The Morgan fingerprint density at radius 3 is 2.41 bits per heavy atom. The molecule has 11 heteroatoms. The van der Waals surface area contributed by atoms with Crippen molar-refractivity contribution in [3.63, 3.8) is 0 Å². The minimum absolute atomic E-state index is 0. The summed E-state index contributed by atoms with van der Waals surface area (Å²) in [4.78, 5) is 4.35. The highest BCUT2D eigenvalue weighted by molar-refractivity contribution is 5.86. The summed E-state index contributed by atoms with van der Waals surface area (Å²) in [7, 11) is 1.91. The van der Waals surface area contributed by atoms with E-state index in [-0.39, 0.29) is 42.1 Å². The molecule has 3 N–H and O–H groups in total. The van der Waals surface area contributed by atoms with Gasteiger partial charge in [0.2, 0.25) is 5.95 Å². The lowest BCUT2D eigenvalue weighted by atomic mass is 9.78. The van der Waals surface area contributed by atoms with Gasteiger partial charge in [0.25, 0.3) is 0 Å². The Hall–Kier alpha value is -3.01. The monoisotopic (exact) mass is 547 g/mol. The van der Waals surface area contributed by atoms with Crippen LogP contribution in [-0.4, -0.2) is 53.4 Å². The molecule has 2 aromatic carbocycles. The third-order valence-electron chi connectivity index (χ3n) is 6.66. The van der Waals surface area contributed by atoms with Gasteiger partial charge in [-0.2, -0.15) is 5.10 Å². The number of halogens is 3. The van der Waals surface area contributed by atoms with Crippen LogP contribution in [0.3, 0.4) is 0 Å². The Morgan fingerprint density at radius 2 is 1.73 bits per heavy atom. The second kappa shape index (κ2) is 10.4. The zero-order chi connectivity index (χ0) is 25.0. The highest BCUT2D eigenvalue weighted by Crippen LogP contribution is 2.34. The molecule has 0 radical (unpaired) electrons. The van der Waals surface area contributed by atoms with Crippen LogP contribution in [0, 0.1) is 0 Å². The molecule has 2 atom stereocenters. The number of nitrogens with one attached hydrogen (secondary N) is 2. The Labute approximate surface area is 227 Å². The van der Waals surface area contributed by atoms with Crippen molar-refractivity contribution in [3.05, 3.63) is 48.8 Å². The molecule has 37 heavy (non-hydrogen) atoms. The summed E-state index contributed by atoms with van der Waals surface area (Å²) in [6, 6.07) is 11.0. The molecule has 1 aliphatic rings. The molecule has 8 nitrogen and oxygen atoms in total. The molecule has 5 rings (SSSR count). The molecule has 0 spiro atoms. The zero-order valence-electron chi connectivity index (χ0n) is 21.4. The molecule has 3 heterocycles. The van der Waals surface area contributed by atoms with Crippen molar-refractivity contribution < 1.29 is 9.50 Å². The molecular weight excluding hydrogens is 516 g/mol. The lowest BCUT2D eigenvalue weighted by molar-refractivity contribution is 0.0654. The van der Waals surface area contributed by atoms with Crippen LogP contribution >= 0.6 is 24.8 Å². The molecule has 0 saturated carbocycles. The maximum absolute atomic E-state index is 15.1. The van der Waals surface area contributed by atoms with E-state index in [2.05, 4.69) is 44.8 Å². The summed E-state index contributed by atoms with van der Waals surface area (Å²) >= 11 is 0. The number of phenolic OH excluding ortho intramolecular Hbond substituents is 1. The summed E-state index contributed by atoms with van der Waals surface area (Å²) in [5, 5.41) is 30.9. The number of anilines is 1. The first-order valence-electron chi connectivity index (χ1n) is 11.7. The van der Waals surface area contributed by atoms with Crippen LogP contribution in [0.4, 0.5) is 10.3 Å². The predicted molar refractivity (Wildman–Crippen MR) is 149 cm³/mol. The zero-order valence-corrected chi connectivity index (χ0v) is 23.0. The number of piperidine rings is 1. The standard InChI is InChI=1S/C26H30FN7O.2ClH/c1-25(2)12-19(23(27)26(3,4)33-25)30-24-28-14-20(31-32-24)18-8-6-16(11-22(18)35)15-7-9-21-17(10-15)13-29-34(21)5;;/h6-11,13-14,19,23,33,35H,12H2,1-5H3,(H,28,30,32);2*1H/t19-,23-;;/m0../s1. The van der Waals surface area contributed by atoms with E-state index in [9.17, 15) is 5.11 Å². The lowest BCUT2D eigenvalue weighted by Gasteiger charge is -2.48. The van der Waals surface area contributed by atoms with E-state index in [1.54, 1.807) is 12.1 Å². The smallest absolute Gasteiger partial charge is 0.243 e. The van der Waals surface area contributed by atoms with Crippen LogP contribution < -0.4 is 10.6 Å². The molecule has 0 bridgehead atoms. The maximum atomic E-state index is 15.1. The molecule has 1 aliphatic heterocycles. The molecule has 0 amide bonds. The fourth-order valence-corrected chi connectivity index (χ4v) is 5.17. The van der Waals surface area contributed by atoms with Crippen LogP contribution in [-0.2, 0) is 7.05 Å². The SMILES string of the molecule is Cl.Cl.Cn1ncc2cc(-c3ccc(-c4cnc(N[C@H]5CC(C)(C)NC(C)(C)[C@H]5F)nn4)c(O)c3)ccc21. The first-order chi connectivity index (χ1) is 16.5. The third-order valence-corrected chi connectivity index (χ3v) is 6.66. The Bertz CT molecular complexity index is 1390. The van der Waals surface area contributed by atoms with E-state index in [0.29, 0.717) is 17.7 Å². The maximum Gasteiger partial charge on any atom is 0.243 e. The van der Waals surface area contributed by atoms with Crippen LogP contribution in [0.2, 0.25) is 0 Å². The van der Waals surface area contributed by atoms with Crippen molar-refractivity contribution in [1.82, 2.24) is 30.3 Å². The fourth-order valence-electron chi connectivity index (χ4n) is 5.17. The molecule has 4 aromatic rings. The second-order valence-corrected chi connectivity index (χ2v) is 10.5. The second-order valence-electron chi connectivity index (χ2n) is 10.5. The highest BCUT2D eigenvalue weighted by Gasteiger charge is 2.46. The van der Waals surface area contributed by atoms with Crippen LogP contribution in [0.5, 0.6) is 5.75 Å². The third kappa shape index (κ3) is 5.63. The molecule has 2 aromatic heterocycles. The average Bonchev–Trinajstić information content (AvgIpc) is 3.17. The van der Waals surface area contributed by atoms with Gasteiger partial charge in [0, 0.05) is 29.1 Å². The quantitative estimate of drug-likeness (QED) is 0.318. The van der Waals surface area contributed by atoms with Gasteiger partial charge in [-0.05, 0) is 69.5 Å². The minimum Gasteiger partial charge on any atom is -0.507 e. The number of fused-ring (bicyclic) bond motifs is 1. The van der Waals surface area contributed by atoms with Crippen molar-refractivity contribution in [2.75, 3.05) is 5.32 Å². The molecule has 0 unspecified atom stereocenters. The van der Waals surface area contributed by atoms with Gasteiger partial charge >= 0.3 is 0 Å². The summed E-state index contributed by atoms with van der Waals surface area (Å²) in [5.41, 5.74) is 2.94. The van der Waals surface area contributed by atoms with Gasteiger partial charge in [-0.15, -0.1) is 35.0 Å². The van der Waals surface area contributed by atoms with Gasteiger partial charge in [0.1, 0.15) is 17.6 Å². The van der Waals surface area contributed by atoms with Crippen molar-refractivity contribution in [3.8, 4) is 28.1 Å². The number of aryl methyl sites for hydroxylation is 1. The first kappa shape index (κ1) is 28.6. The van der Waals surface area contributed by atoms with Gasteiger partial charge in [-0.25, -0.2) is 9.37 Å². The summed E-state index contributed by atoms with van der Waals surface area (Å²) in [6.07, 6.45) is 2.81. The fraction of sp³-hybridized carbons (Fsp3) is 0.385. The Kier molecular flexibility index (Phi) is 8.02. The summed E-state index contributed by atoms with van der Waals surface area (Å²) in [6.45, 7) is 7.82. The van der Waals surface area contributed by atoms with E-state index < -0.39 is 17.8 Å². The number of hydrogen-bond acceptors (Lipinski definition) is 7. The molecule has 0 aliphatic carbocycles. The number of aromatic nitrogens is 5. The summed E-state index contributed by atoms with van der Waals surface area (Å²) < 4.78 is 16.9. The van der Waals surface area contributed by atoms with Gasteiger partial charge in [0.05, 0.1) is 24.0 Å². The normalized spacial score (nSPS) is 20.1. The van der Waals surface area contributed by atoms with Crippen molar-refractivity contribution in [1.29, 1.82) is 0 Å². The lowest BCUT2D eigenvalue weighted by Crippen LogP contribution is -2.67. The Morgan fingerprint density at radius 1 is 1.03 bits per heavy atom. The van der Waals surface area contributed by atoms with Crippen molar-refractivity contribution in [2.24, 2.45) is 7.05 Å². The number of hydrogen-bond donors (Lipinski definition) is 3. The van der Waals surface area contributed by atoms with Crippen molar-refractivity contribution >= 4 is 41.7 Å². The number of benzene rings is 2. The van der Waals surface area contributed by atoms with E-state index in [1.165, 1.54) is 6.20 Å². The van der Waals surface area contributed by atoms with Crippen LogP contribution in [0.25, 0.3) is 33.3 Å². The predicted octanol–water partition coefficient (Wildman–Crippen LogP) is 5.31. The number of nitrogens with zero attached hydrogens (tertiary/aromatic N) is 5. The van der Waals surface area contributed by atoms with Gasteiger partial charge in [0.15, 0.2) is 0 Å². The van der Waals surface area contributed by atoms with Crippen LogP contribution in [0.1, 0.15) is 34.1 Å². The largest absolute Gasteiger partial charge is 0.507 e. The highest BCUT2D eigenvalue weighted by atomic mass is 35.5. The minimum atomic E-state index is -1.12. The topological polar surface area (TPSA) is 101 Å². The van der Waals surface area contributed by atoms with Gasteiger partial charge < -0.3 is 15.7 Å². The van der Waals surface area contributed by atoms with E-state index in [1.807, 2.05) is 56.0 Å². The number of alkyl halides is 1. The van der Waals surface area contributed by atoms with E-state index >= 15 is 4.39 Å². The molecule has 1 saturated heterocycles. The first-order valence-corrected chi connectivity index (χ1v) is 11.7. The number of rotatable bonds is 4. The molecular formula is C26H32Cl2FN7O. The van der Waals surface area contributed by atoms with Crippen LogP contribution in [0.15, 0.2) is 48.8 Å². The van der Waals surface area contributed by atoms with Gasteiger partial charge in [-0.3, -0.25) is 4.68 Å². The van der Waals surface area contributed by atoms with E-state index in [0.717, 1.165) is 22.0 Å². The Balaban J connectivity index is 0.00000190. The summed E-state index contributed by atoms with van der Waals surface area (Å²) in [5.74, 6) is 0.340. The van der Waals surface area contributed by atoms with Crippen molar-refractivity contribution in [2.45, 2.75) is 57.4 Å².